The highest BCUT2D eigenvalue weighted by atomic mass is 16.4. The van der Waals surface area contributed by atoms with Crippen LogP contribution >= 0.6 is 0 Å². The predicted molar refractivity (Wildman–Crippen MR) is 67.7 cm³/mol. The number of anilines is 1. The van der Waals surface area contributed by atoms with Crippen molar-refractivity contribution >= 4 is 11.6 Å². The average molecular weight is 242 g/mol. The summed E-state index contributed by atoms with van der Waals surface area (Å²) >= 11 is 0. The van der Waals surface area contributed by atoms with Gasteiger partial charge in [0.05, 0.1) is 6.20 Å². The summed E-state index contributed by atoms with van der Waals surface area (Å²) in [5.74, 6) is 0.648. The highest BCUT2D eigenvalue weighted by Gasteiger charge is 2.33. The number of benzene rings is 1. The van der Waals surface area contributed by atoms with Crippen LogP contribution in [0.3, 0.4) is 0 Å². The average Bonchev–Trinajstić information content (AvgIpc) is 2.91. The van der Waals surface area contributed by atoms with Gasteiger partial charge in [-0.15, -0.1) is 0 Å². The van der Waals surface area contributed by atoms with Gasteiger partial charge in [-0.3, -0.25) is 4.79 Å². The van der Waals surface area contributed by atoms with E-state index in [1.165, 1.54) is 5.56 Å². The van der Waals surface area contributed by atoms with Crippen molar-refractivity contribution in [2.45, 2.75) is 26.3 Å². The molecule has 1 aromatic carbocycles. The molecule has 1 unspecified atom stereocenters. The number of amides is 1. The molecule has 1 aliphatic rings. The maximum Gasteiger partial charge on any atom is 0.314 e. The second-order valence-electron chi connectivity index (χ2n) is 4.63. The third-order valence-corrected chi connectivity index (χ3v) is 3.23. The number of nitrogens with zero attached hydrogens (tertiary/aromatic N) is 2. The van der Waals surface area contributed by atoms with Crippen LogP contribution in [0.4, 0.5) is 5.69 Å². The number of para-hydroxylation sites is 1. The van der Waals surface area contributed by atoms with Gasteiger partial charge < -0.3 is 9.32 Å². The molecule has 0 aliphatic carbocycles. The van der Waals surface area contributed by atoms with Crippen molar-refractivity contribution in [3.05, 3.63) is 47.7 Å². The van der Waals surface area contributed by atoms with Crippen molar-refractivity contribution in [3.63, 3.8) is 0 Å². The van der Waals surface area contributed by atoms with Gasteiger partial charge in [-0.2, -0.15) is 0 Å². The van der Waals surface area contributed by atoms with E-state index in [2.05, 4.69) is 11.1 Å². The van der Waals surface area contributed by atoms with E-state index < -0.39 is 0 Å². The molecule has 0 fully saturated rings. The summed E-state index contributed by atoms with van der Waals surface area (Å²) in [6, 6.07) is 8.10. The molecule has 0 bridgehead atoms. The Morgan fingerprint density at radius 2 is 2.22 bits per heavy atom. The summed E-state index contributed by atoms with van der Waals surface area (Å²) in [4.78, 5) is 18.2. The van der Waals surface area contributed by atoms with Crippen molar-refractivity contribution in [3.8, 4) is 0 Å². The number of oxazole rings is 1. The van der Waals surface area contributed by atoms with Crippen molar-refractivity contribution in [1.82, 2.24) is 4.98 Å². The standard InChI is InChI=1S/C14H14N2O2/c1-9-7-11-5-3-4-6-12(11)16(9)14(17)13-15-8-10(2)18-13/h3-6,8-9H,7H2,1-2H3. The molecule has 4 heteroatoms. The summed E-state index contributed by atoms with van der Waals surface area (Å²) in [6.07, 6.45) is 2.45. The van der Waals surface area contributed by atoms with E-state index >= 15 is 0 Å². The van der Waals surface area contributed by atoms with Crippen LogP contribution in [0.2, 0.25) is 0 Å². The molecule has 0 N–H and O–H groups in total. The van der Waals surface area contributed by atoms with Crippen LogP contribution < -0.4 is 4.90 Å². The minimum Gasteiger partial charge on any atom is -0.438 e. The Bertz CT molecular complexity index is 603. The molecule has 3 rings (SSSR count). The summed E-state index contributed by atoms with van der Waals surface area (Å²) in [7, 11) is 0. The molecule has 1 atom stereocenters. The third kappa shape index (κ3) is 1.61. The highest BCUT2D eigenvalue weighted by Crippen LogP contribution is 2.32. The Balaban J connectivity index is 2.00. The number of hydrogen-bond donors (Lipinski definition) is 0. The fourth-order valence-corrected chi connectivity index (χ4v) is 2.43. The van der Waals surface area contributed by atoms with Gasteiger partial charge in [0.15, 0.2) is 0 Å². The predicted octanol–water partition coefficient (Wildman–Crippen LogP) is 2.57. The van der Waals surface area contributed by atoms with Gasteiger partial charge in [-0.25, -0.2) is 4.98 Å². The molecule has 92 valence electrons. The fraction of sp³-hybridized carbons (Fsp3) is 0.286. The van der Waals surface area contributed by atoms with Crippen molar-refractivity contribution < 1.29 is 9.21 Å². The van der Waals surface area contributed by atoms with E-state index in [-0.39, 0.29) is 17.8 Å². The van der Waals surface area contributed by atoms with Crippen LogP contribution in [0.15, 0.2) is 34.9 Å². The van der Waals surface area contributed by atoms with E-state index in [0.29, 0.717) is 5.76 Å². The maximum absolute atomic E-state index is 12.4. The number of carbonyl (C=O) groups excluding carboxylic acids is 1. The molecule has 1 amide bonds. The minimum atomic E-state index is -0.166. The first-order valence-corrected chi connectivity index (χ1v) is 6.00. The molecule has 0 radical (unpaired) electrons. The largest absolute Gasteiger partial charge is 0.438 e. The molecule has 1 aromatic heterocycles. The second-order valence-corrected chi connectivity index (χ2v) is 4.63. The molecule has 4 nitrogen and oxygen atoms in total. The lowest BCUT2D eigenvalue weighted by Crippen LogP contribution is -2.35. The summed E-state index contributed by atoms with van der Waals surface area (Å²) in [5.41, 5.74) is 2.16. The van der Waals surface area contributed by atoms with Gasteiger partial charge in [0.25, 0.3) is 5.89 Å². The SMILES string of the molecule is Cc1cnc(C(=O)N2c3ccccc3CC2C)o1. The molecular formula is C14H14N2O2. The highest BCUT2D eigenvalue weighted by molar-refractivity contribution is 6.04. The lowest BCUT2D eigenvalue weighted by atomic mass is 10.1. The molecule has 2 heterocycles. The first kappa shape index (κ1) is 11.0. The number of hydrogen-bond acceptors (Lipinski definition) is 3. The lowest BCUT2D eigenvalue weighted by molar-refractivity contribution is 0.0946. The molecule has 0 saturated heterocycles. The topological polar surface area (TPSA) is 46.3 Å². The molecule has 18 heavy (non-hydrogen) atoms. The second kappa shape index (κ2) is 3.98. The number of aryl methyl sites for hydroxylation is 1. The van der Waals surface area contributed by atoms with Crippen LogP contribution in [-0.2, 0) is 6.42 Å². The third-order valence-electron chi connectivity index (χ3n) is 3.23. The van der Waals surface area contributed by atoms with Crippen molar-refractivity contribution in [1.29, 1.82) is 0 Å². The Morgan fingerprint density at radius 1 is 1.44 bits per heavy atom. The van der Waals surface area contributed by atoms with E-state index in [9.17, 15) is 4.79 Å². The maximum atomic E-state index is 12.4. The van der Waals surface area contributed by atoms with Gasteiger partial charge in [-0.05, 0) is 31.9 Å². The minimum absolute atomic E-state index is 0.141. The zero-order chi connectivity index (χ0) is 12.7. The first-order valence-electron chi connectivity index (χ1n) is 6.00. The molecule has 1 aliphatic heterocycles. The normalized spacial score (nSPS) is 17.9. The smallest absolute Gasteiger partial charge is 0.314 e. The van der Waals surface area contributed by atoms with E-state index in [4.69, 9.17) is 4.42 Å². The Kier molecular flexibility index (Phi) is 2.44. The molecule has 2 aromatic rings. The van der Waals surface area contributed by atoms with E-state index in [1.54, 1.807) is 18.0 Å². The monoisotopic (exact) mass is 242 g/mol. The Hall–Kier alpha value is -2.10. The summed E-state index contributed by atoms with van der Waals surface area (Å²) < 4.78 is 5.32. The van der Waals surface area contributed by atoms with Crippen LogP contribution in [-0.4, -0.2) is 16.9 Å². The van der Waals surface area contributed by atoms with Gasteiger partial charge in [0.1, 0.15) is 5.76 Å². The van der Waals surface area contributed by atoms with Gasteiger partial charge in [0, 0.05) is 11.7 Å². The van der Waals surface area contributed by atoms with E-state index in [1.807, 2.05) is 25.1 Å². The number of rotatable bonds is 1. The quantitative estimate of drug-likeness (QED) is 0.772. The van der Waals surface area contributed by atoms with Crippen LogP contribution in [0.25, 0.3) is 0 Å². The van der Waals surface area contributed by atoms with Crippen LogP contribution in [0, 0.1) is 6.92 Å². The summed E-state index contributed by atoms with van der Waals surface area (Å²) in [6.45, 7) is 3.82. The number of fused-ring (bicyclic) bond motifs is 1. The molecule has 0 saturated carbocycles. The van der Waals surface area contributed by atoms with Crippen LogP contribution in [0.5, 0.6) is 0 Å². The van der Waals surface area contributed by atoms with E-state index in [0.717, 1.165) is 12.1 Å². The van der Waals surface area contributed by atoms with Gasteiger partial charge in [0.2, 0.25) is 0 Å². The first-order chi connectivity index (χ1) is 8.66. The van der Waals surface area contributed by atoms with Crippen LogP contribution in [0.1, 0.15) is 28.9 Å². The van der Waals surface area contributed by atoms with Crippen molar-refractivity contribution in [2.24, 2.45) is 0 Å². The fourth-order valence-electron chi connectivity index (χ4n) is 2.43. The van der Waals surface area contributed by atoms with Gasteiger partial charge >= 0.3 is 5.91 Å². The van der Waals surface area contributed by atoms with Gasteiger partial charge in [-0.1, -0.05) is 18.2 Å². The Labute approximate surface area is 105 Å². The van der Waals surface area contributed by atoms with Crippen molar-refractivity contribution in [2.75, 3.05) is 4.90 Å². The molecule has 0 spiro atoms. The zero-order valence-corrected chi connectivity index (χ0v) is 10.4. The molecular weight excluding hydrogens is 228 g/mol. The Morgan fingerprint density at radius 3 is 2.94 bits per heavy atom. The zero-order valence-electron chi connectivity index (χ0n) is 10.4. The summed E-state index contributed by atoms with van der Waals surface area (Å²) in [5, 5.41) is 0. The lowest BCUT2D eigenvalue weighted by Gasteiger charge is -2.20. The number of aromatic nitrogens is 1. The number of carbonyl (C=O) groups is 1.